The van der Waals surface area contributed by atoms with Gasteiger partial charge in [-0.05, 0) is 45.6 Å². The zero-order valence-electron chi connectivity index (χ0n) is 10.6. The summed E-state index contributed by atoms with van der Waals surface area (Å²) < 4.78 is 13.7. The summed E-state index contributed by atoms with van der Waals surface area (Å²) in [6.07, 6.45) is 2.34. The van der Waals surface area contributed by atoms with Gasteiger partial charge in [0.1, 0.15) is 5.82 Å². The van der Waals surface area contributed by atoms with Crippen LogP contribution in [0.15, 0.2) is 41.0 Å². The lowest BCUT2D eigenvalue weighted by atomic mass is 10.0. The van der Waals surface area contributed by atoms with Gasteiger partial charge in [-0.25, -0.2) is 4.39 Å². The van der Waals surface area contributed by atoms with Crippen LogP contribution in [0.1, 0.15) is 29.8 Å². The number of aryl methyl sites for hydroxylation is 1. The summed E-state index contributed by atoms with van der Waals surface area (Å²) in [6, 6.07) is 8.55. The quantitative estimate of drug-likeness (QED) is 0.927. The molecule has 1 N–H and O–H groups in total. The van der Waals surface area contributed by atoms with E-state index in [1.807, 2.05) is 18.3 Å². The molecule has 2 nitrogen and oxygen atoms in total. The predicted octanol–water partition coefficient (Wildman–Crippen LogP) is 3.82. The Kier molecular flexibility index (Phi) is 4.66. The van der Waals surface area contributed by atoms with Crippen LogP contribution in [-0.2, 0) is 12.8 Å². The third kappa shape index (κ3) is 3.39. The lowest BCUT2D eigenvalue weighted by molar-refractivity contribution is 0.176. The van der Waals surface area contributed by atoms with Crippen LogP contribution in [0, 0.1) is 5.82 Å². The van der Waals surface area contributed by atoms with Crippen molar-refractivity contribution in [3.05, 3.63) is 63.6 Å². The topological polar surface area (TPSA) is 33.1 Å². The summed E-state index contributed by atoms with van der Waals surface area (Å²) in [5, 5.41) is 10.2. The number of aromatic nitrogens is 1. The van der Waals surface area contributed by atoms with Crippen LogP contribution in [0.3, 0.4) is 0 Å². The maximum absolute atomic E-state index is 13.4. The van der Waals surface area contributed by atoms with Crippen molar-refractivity contribution in [1.82, 2.24) is 4.98 Å². The van der Waals surface area contributed by atoms with Crippen molar-refractivity contribution >= 4 is 15.9 Å². The molecule has 0 aliphatic rings. The van der Waals surface area contributed by atoms with Crippen LogP contribution in [0.5, 0.6) is 0 Å². The van der Waals surface area contributed by atoms with Gasteiger partial charge in [-0.1, -0.05) is 25.1 Å². The van der Waals surface area contributed by atoms with Gasteiger partial charge >= 0.3 is 0 Å². The first-order valence-electron chi connectivity index (χ1n) is 6.17. The van der Waals surface area contributed by atoms with Gasteiger partial charge in [0.15, 0.2) is 0 Å². The molecule has 0 aliphatic heterocycles. The highest BCUT2D eigenvalue weighted by atomic mass is 79.9. The van der Waals surface area contributed by atoms with E-state index in [9.17, 15) is 9.50 Å². The van der Waals surface area contributed by atoms with Gasteiger partial charge < -0.3 is 5.11 Å². The van der Waals surface area contributed by atoms with Crippen LogP contribution < -0.4 is 0 Å². The lowest BCUT2D eigenvalue weighted by Gasteiger charge is -2.13. The molecule has 1 heterocycles. The summed E-state index contributed by atoms with van der Waals surface area (Å²) >= 11 is 3.16. The SMILES string of the molecule is CCc1ccc(CC(O)c2cccc(F)c2Br)nc1. The zero-order chi connectivity index (χ0) is 13.8. The van der Waals surface area contributed by atoms with Crippen molar-refractivity contribution in [1.29, 1.82) is 0 Å². The fourth-order valence-electron chi connectivity index (χ4n) is 1.87. The van der Waals surface area contributed by atoms with Gasteiger partial charge in [0, 0.05) is 18.3 Å². The lowest BCUT2D eigenvalue weighted by Crippen LogP contribution is -2.05. The second-order valence-electron chi connectivity index (χ2n) is 4.37. The number of nitrogens with zero attached hydrogens (tertiary/aromatic N) is 1. The van der Waals surface area contributed by atoms with Crippen molar-refractivity contribution in [2.24, 2.45) is 0 Å². The van der Waals surface area contributed by atoms with Crippen LogP contribution in [-0.4, -0.2) is 10.1 Å². The molecule has 0 amide bonds. The average molecular weight is 324 g/mol. The molecule has 0 fully saturated rings. The highest BCUT2D eigenvalue weighted by Crippen LogP contribution is 2.27. The molecular weight excluding hydrogens is 309 g/mol. The number of hydrogen-bond acceptors (Lipinski definition) is 2. The normalized spacial score (nSPS) is 12.4. The zero-order valence-corrected chi connectivity index (χ0v) is 12.2. The van der Waals surface area contributed by atoms with E-state index in [0.717, 1.165) is 17.7 Å². The molecule has 4 heteroatoms. The number of pyridine rings is 1. The molecule has 0 spiro atoms. The molecule has 19 heavy (non-hydrogen) atoms. The summed E-state index contributed by atoms with van der Waals surface area (Å²) in [7, 11) is 0. The van der Waals surface area contributed by atoms with E-state index in [1.165, 1.54) is 6.07 Å². The first-order chi connectivity index (χ1) is 9.11. The maximum Gasteiger partial charge on any atom is 0.137 e. The Morgan fingerprint density at radius 2 is 2.11 bits per heavy atom. The smallest absolute Gasteiger partial charge is 0.137 e. The molecule has 2 aromatic rings. The van der Waals surface area contributed by atoms with E-state index in [-0.39, 0.29) is 5.82 Å². The van der Waals surface area contributed by atoms with E-state index in [0.29, 0.717) is 16.5 Å². The van der Waals surface area contributed by atoms with Crippen molar-refractivity contribution in [3.8, 4) is 0 Å². The van der Waals surface area contributed by atoms with Gasteiger partial charge in [0.25, 0.3) is 0 Å². The molecule has 1 unspecified atom stereocenters. The first kappa shape index (κ1) is 14.2. The number of aliphatic hydroxyl groups excluding tert-OH is 1. The molecule has 0 aliphatic carbocycles. The maximum atomic E-state index is 13.4. The monoisotopic (exact) mass is 323 g/mol. The number of hydrogen-bond donors (Lipinski definition) is 1. The molecule has 100 valence electrons. The number of rotatable bonds is 4. The molecule has 1 aromatic carbocycles. The predicted molar refractivity (Wildman–Crippen MR) is 76.4 cm³/mol. The molecule has 2 rings (SSSR count). The fraction of sp³-hybridized carbons (Fsp3) is 0.267. The second kappa shape index (κ2) is 6.26. The standard InChI is InChI=1S/C15H15BrFNO/c1-2-10-6-7-11(18-9-10)8-14(19)12-4-3-5-13(17)15(12)16/h3-7,9,14,19H,2,8H2,1H3. The highest BCUT2D eigenvalue weighted by molar-refractivity contribution is 9.10. The summed E-state index contributed by atoms with van der Waals surface area (Å²) in [4.78, 5) is 4.30. The summed E-state index contributed by atoms with van der Waals surface area (Å²) in [5.74, 6) is -0.370. The molecule has 0 bridgehead atoms. The minimum Gasteiger partial charge on any atom is -0.388 e. The van der Waals surface area contributed by atoms with Crippen LogP contribution in [0.25, 0.3) is 0 Å². The Hall–Kier alpha value is -1.26. The third-order valence-electron chi connectivity index (χ3n) is 3.04. The Balaban J connectivity index is 2.15. The van der Waals surface area contributed by atoms with Gasteiger partial charge in [0.2, 0.25) is 0 Å². The Bertz CT molecular complexity index is 557. The first-order valence-corrected chi connectivity index (χ1v) is 6.97. The Labute approximate surface area is 120 Å². The van der Waals surface area contributed by atoms with Crippen LogP contribution in [0.4, 0.5) is 4.39 Å². The molecular formula is C15H15BrFNO. The summed E-state index contributed by atoms with van der Waals surface area (Å²) in [6.45, 7) is 2.06. The molecule has 1 atom stereocenters. The fourth-order valence-corrected chi connectivity index (χ4v) is 2.40. The van der Waals surface area contributed by atoms with Gasteiger partial charge in [0.05, 0.1) is 10.6 Å². The van der Waals surface area contributed by atoms with Crippen LogP contribution in [0.2, 0.25) is 0 Å². The minimum atomic E-state index is -0.773. The Morgan fingerprint density at radius 1 is 1.32 bits per heavy atom. The summed E-state index contributed by atoms with van der Waals surface area (Å²) in [5.41, 5.74) is 2.49. The molecule has 1 aromatic heterocycles. The van der Waals surface area contributed by atoms with E-state index < -0.39 is 6.10 Å². The largest absolute Gasteiger partial charge is 0.388 e. The molecule has 0 radical (unpaired) electrons. The van der Waals surface area contributed by atoms with Crippen molar-refractivity contribution in [2.75, 3.05) is 0 Å². The highest BCUT2D eigenvalue weighted by Gasteiger charge is 2.15. The number of halogens is 2. The van der Waals surface area contributed by atoms with E-state index >= 15 is 0 Å². The third-order valence-corrected chi connectivity index (χ3v) is 3.87. The number of benzene rings is 1. The average Bonchev–Trinajstić information content (AvgIpc) is 2.42. The van der Waals surface area contributed by atoms with E-state index in [2.05, 4.69) is 27.8 Å². The van der Waals surface area contributed by atoms with Gasteiger partial charge in [-0.2, -0.15) is 0 Å². The van der Waals surface area contributed by atoms with Crippen molar-refractivity contribution < 1.29 is 9.50 Å². The Morgan fingerprint density at radius 3 is 2.74 bits per heavy atom. The van der Waals surface area contributed by atoms with E-state index in [1.54, 1.807) is 12.1 Å². The molecule has 0 saturated heterocycles. The van der Waals surface area contributed by atoms with Crippen molar-refractivity contribution in [3.63, 3.8) is 0 Å². The van der Waals surface area contributed by atoms with Gasteiger partial charge in [-0.15, -0.1) is 0 Å². The van der Waals surface area contributed by atoms with E-state index in [4.69, 9.17) is 0 Å². The molecule has 0 saturated carbocycles. The van der Waals surface area contributed by atoms with Crippen LogP contribution >= 0.6 is 15.9 Å². The van der Waals surface area contributed by atoms with Gasteiger partial charge in [-0.3, -0.25) is 4.98 Å². The van der Waals surface area contributed by atoms with Crippen molar-refractivity contribution in [2.45, 2.75) is 25.9 Å². The number of aliphatic hydroxyl groups is 1. The second-order valence-corrected chi connectivity index (χ2v) is 5.17. The minimum absolute atomic E-state index is 0.313.